The van der Waals surface area contributed by atoms with Crippen molar-refractivity contribution in [3.63, 3.8) is 0 Å². The molecule has 4 rings (SSSR count). The van der Waals surface area contributed by atoms with E-state index >= 15 is 0 Å². The lowest BCUT2D eigenvalue weighted by molar-refractivity contribution is 0.101. The Bertz CT molecular complexity index is 1050. The molecule has 1 aromatic carbocycles. The van der Waals surface area contributed by atoms with E-state index in [1.807, 2.05) is 32.0 Å². The quantitative estimate of drug-likeness (QED) is 0.610. The Morgan fingerprint density at radius 1 is 1.12 bits per heavy atom. The van der Waals surface area contributed by atoms with Crippen molar-refractivity contribution in [2.24, 2.45) is 0 Å². The van der Waals surface area contributed by atoms with Crippen LogP contribution in [-0.4, -0.2) is 40.3 Å². The number of carbonyl (C=O) groups excluding carboxylic acids is 1. The molecule has 0 atom stereocenters. The molecule has 0 aliphatic heterocycles. The second-order valence-electron chi connectivity index (χ2n) is 5.53. The normalized spacial score (nSPS) is 11.0. The molecule has 0 saturated carbocycles. The van der Waals surface area contributed by atoms with Gasteiger partial charge in [-0.05, 0) is 44.2 Å². The number of hydrogen-bond acceptors (Lipinski definition) is 6. The number of rotatable bonds is 3. The van der Waals surface area contributed by atoms with Gasteiger partial charge in [0, 0.05) is 17.1 Å². The molecule has 9 nitrogen and oxygen atoms in total. The molecule has 0 spiro atoms. The van der Waals surface area contributed by atoms with E-state index in [2.05, 4.69) is 30.5 Å². The summed E-state index contributed by atoms with van der Waals surface area (Å²) in [5, 5.41) is 11.0. The highest BCUT2D eigenvalue weighted by atomic mass is 16.2. The van der Waals surface area contributed by atoms with E-state index in [1.54, 1.807) is 27.7 Å². The Morgan fingerprint density at radius 3 is 2.64 bits per heavy atom. The predicted molar refractivity (Wildman–Crippen MR) is 89.6 cm³/mol. The van der Waals surface area contributed by atoms with Gasteiger partial charge in [-0.3, -0.25) is 4.79 Å². The second kappa shape index (κ2) is 5.78. The summed E-state index contributed by atoms with van der Waals surface area (Å²) in [6.45, 7) is 3.76. The summed E-state index contributed by atoms with van der Waals surface area (Å²) in [6.07, 6.45) is 3.06. The minimum Gasteiger partial charge on any atom is -0.319 e. The Balaban J connectivity index is 1.56. The van der Waals surface area contributed by atoms with Crippen LogP contribution in [0.4, 0.5) is 5.69 Å². The number of nitrogens with zero attached hydrogens (tertiary/aromatic N) is 7. The third kappa shape index (κ3) is 2.82. The van der Waals surface area contributed by atoms with Gasteiger partial charge >= 0.3 is 0 Å². The molecule has 1 N–H and O–H groups in total. The van der Waals surface area contributed by atoms with E-state index in [-0.39, 0.29) is 5.82 Å². The van der Waals surface area contributed by atoms with Gasteiger partial charge in [0.15, 0.2) is 0 Å². The van der Waals surface area contributed by atoms with Gasteiger partial charge in [0.1, 0.15) is 12.7 Å². The van der Waals surface area contributed by atoms with E-state index in [0.29, 0.717) is 11.5 Å². The van der Waals surface area contributed by atoms with Crippen molar-refractivity contribution in [2.75, 3.05) is 5.32 Å². The summed E-state index contributed by atoms with van der Waals surface area (Å²) in [6, 6.07) is 9.09. The van der Waals surface area contributed by atoms with Crippen LogP contribution in [0.1, 0.15) is 22.0 Å². The molecule has 4 aromatic rings. The molecule has 3 aromatic heterocycles. The fraction of sp³-hybridized carbons (Fsp3) is 0.125. The topological polar surface area (TPSA) is 103 Å². The standard InChI is InChI=1S/C16H14N8O/c1-10-7-11(2)24-16(19-10)21-14(22-24)15(25)20-12-3-5-13(6-4-12)23-9-17-8-18-23/h3-9H,1-2H3,(H,20,25). The van der Waals surface area contributed by atoms with Crippen molar-refractivity contribution >= 4 is 17.4 Å². The first-order valence-corrected chi connectivity index (χ1v) is 7.57. The number of aryl methyl sites for hydroxylation is 2. The molecule has 9 heteroatoms. The number of aromatic nitrogens is 7. The molecule has 0 fully saturated rings. The first-order valence-electron chi connectivity index (χ1n) is 7.57. The predicted octanol–water partition coefficient (Wildman–Crippen LogP) is 1.57. The average molecular weight is 334 g/mol. The van der Waals surface area contributed by atoms with Crippen molar-refractivity contribution in [1.29, 1.82) is 0 Å². The van der Waals surface area contributed by atoms with Crippen LogP contribution in [0.2, 0.25) is 0 Å². The monoisotopic (exact) mass is 334 g/mol. The number of hydrogen-bond donors (Lipinski definition) is 1. The van der Waals surface area contributed by atoms with Gasteiger partial charge in [-0.2, -0.15) is 10.1 Å². The summed E-state index contributed by atoms with van der Waals surface area (Å²) in [7, 11) is 0. The summed E-state index contributed by atoms with van der Waals surface area (Å²) >= 11 is 0. The maximum Gasteiger partial charge on any atom is 0.295 e. The lowest BCUT2D eigenvalue weighted by Crippen LogP contribution is -2.14. The Kier molecular flexibility index (Phi) is 3.46. The van der Waals surface area contributed by atoms with Gasteiger partial charge in [0.05, 0.1) is 5.69 Å². The highest BCUT2D eigenvalue weighted by molar-refractivity contribution is 6.01. The average Bonchev–Trinajstić information content (AvgIpc) is 3.25. The van der Waals surface area contributed by atoms with Gasteiger partial charge in [-0.1, -0.05) is 0 Å². The van der Waals surface area contributed by atoms with E-state index in [9.17, 15) is 4.79 Å². The van der Waals surface area contributed by atoms with Crippen LogP contribution in [0.5, 0.6) is 0 Å². The molecule has 0 bridgehead atoms. The minimum atomic E-state index is -0.393. The number of amides is 1. The molecular formula is C16H14N8O. The van der Waals surface area contributed by atoms with E-state index in [1.165, 1.54) is 6.33 Å². The van der Waals surface area contributed by atoms with Crippen molar-refractivity contribution in [1.82, 2.24) is 34.3 Å². The molecule has 0 aliphatic rings. The Labute approximate surface area is 142 Å². The van der Waals surface area contributed by atoms with E-state index in [0.717, 1.165) is 17.1 Å². The molecule has 3 heterocycles. The minimum absolute atomic E-state index is 0.0709. The molecule has 0 radical (unpaired) electrons. The van der Waals surface area contributed by atoms with Crippen molar-refractivity contribution < 1.29 is 4.79 Å². The molecule has 0 unspecified atom stereocenters. The summed E-state index contributed by atoms with van der Waals surface area (Å²) < 4.78 is 3.18. The zero-order valence-corrected chi connectivity index (χ0v) is 13.6. The van der Waals surface area contributed by atoms with Crippen LogP contribution < -0.4 is 5.32 Å². The summed E-state index contributed by atoms with van der Waals surface area (Å²) in [5.74, 6) is 0.0850. The summed E-state index contributed by atoms with van der Waals surface area (Å²) in [5.41, 5.74) is 3.17. The van der Waals surface area contributed by atoms with Crippen LogP contribution in [-0.2, 0) is 0 Å². The largest absolute Gasteiger partial charge is 0.319 e. The van der Waals surface area contributed by atoms with E-state index < -0.39 is 5.91 Å². The lowest BCUT2D eigenvalue weighted by atomic mass is 10.3. The number of carbonyl (C=O) groups is 1. The second-order valence-corrected chi connectivity index (χ2v) is 5.53. The van der Waals surface area contributed by atoms with Crippen LogP contribution >= 0.6 is 0 Å². The van der Waals surface area contributed by atoms with Crippen molar-refractivity contribution in [3.8, 4) is 5.69 Å². The third-order valence-electron chi connectivity index (χ3n) is 3.63. The smallest absolute Gasteiger partial charge is 0.295 e. The maximum absolute atomic E-state index is 12.4. The fourth-order valence-corrected chi connectivity index (χ4v) is 2.49. The fourth-order valence-electron chi connectivity index (χ4n) is 2.49. The van der Waals surface area contributed by atoms with Gasteiger partial charge in [-0.15, -0.1) is 5.10 Å². The third-order valence-corrected chi connectivity index (χ3v) is 3.63. The molecule has 0 saturated heterocycles. The first kappa shape index (κ1) is 14.9. The van der Waals surface area contributed by atoms with Crippen molar-refractivity contribution in [3.05, 3.63) is 60.2 Å². The van der Waals surface area contributed by atoms with Crippen LogP contribution in [0, 0.1) is 13.8 Å². The highest BCUT2D eigenvalue weighted by Crippen LogP contribution is 2.13. The van der Waals surface area contributed by atoms with Crippen LogP contribution in [0.15, 0.2) is 43.0 Å². The van der Waals surface area contributed by atoms with Gasteiger partial charge in [-0.25, -0.2) is 19.2 Å². The van der Waals surface area contributed by atoms with Gasteiger partial charge in [0.2, 0.25) is 5.82 Å². The van der Waals surface area contributed by atoms with Gasteiger partial charge < -0.3 is 5.32 Å². The van der Waals surface area contributed by atoms with Crippen LogP contribution in [0.3, 0.4) is 0 Å². The van der Waals surface area contributed by atoms with Gasteiger partial charge in [0.25, 0.3) is 11.7 Å². The first-order chi connectivity index (χ1) is 12.1. The molecule has 124 valence electrons. The number of benzene rings is 1. The van der Waals surface area contributed by atoms with E-state index in [4.69, 9.17) is 0 Å². The lowest BCUT2D eigenvalue weighted by Gasteiger charge is -2.04. The van der Waals surface area contributed by atoms with Crippen LogP contribution in [0.25, 0.3) is 11.5 Å². The molecule has 1 amide bonds. The number of anilines is 1. The molecule has 0 aliphatic carbocycles. The molecular weight excluding hydrogens is 320 g/mol. The number of nitrogens with one attached hydrogen (secondary N) is 1. The zero-order valence-electron chi connectivity index (χ0n) is 13.6. The zero-order chi connectivity index (χ0) is 17.4. The highest BCUT2D eigenvalue weighted by Gasteiger charge is 2.15. The van der Waals surface area contributed by atoms with Crippen molar-refractivity contribution in [2.45, 2.75) is 13.8 Å². The molecule has 25 heavy (non-hydrogen) atoms. The Hall–Kier alpha value is -3.62. The summed E-state index contributed by atoms with van der Waals surface area (Å²) in [4.78, 5) is 24.8. The maximum atomic E-state index is 12.4. The Morgan fingerprint density at radius 2 is 1.92 bits per heavy atom. The SMILES string of the molecule is Cc1cc(C)n2nc(C(=O)Nc3ccc(-n4cncn4)cc3)nc2n1. The number of fused-ring (bicyclic) bond motifs is 1.